The molecule has 1 N–H and O–H groups in total. The Morgan fingerprint density at radius 3 is 2.50 bits per heavy atom. The Kier molecular flexibility index (Phi) is 5.59. The van der Waals surface area contributed by atoms with Crippen LogP contribution in [-0.2, 0) is 24.2 Å². The van der Waals surface area contributed by atoms with E-state index in [0.29, 0.717) is 13.0 Å². The molecule has 0 aliphatic carbocycles. The minimum atomic E-state index is 0.0101. The molecular weight excluding hydrogens is 274 g/mol. The molecule has 0 aliphatic rings. The minimum absolute atomic E-state index is 0.0101. The first-order chi connectivity index (χ1) is 10.6. The summed E-state index contributed by atoms with van der Waals surface area (Å²) in [7, 11) is 1.65. The third kappa shape index (κ3) is 4.10. The number of benzene rings is 2. The molecular formula is C19H23NO2. The van der Waals surface area contributed by atoms with Gasteiger partial charge in [-0.2, -0.15) is 0 Å². The number of carbonyl (C=O) groups excluding carboxylic acids is 1. The summed E-state index contributed by atoms with van der Waals surface area (Å²) >= 11 is 0. The quantitative estimate of drug-likeness (QED) is 0.887. The molecule has 116 valence electrons. The molecule has 0 saturated carbocycles. The summed E-state index contributed by atoms with van der Waals surface area (Å²) in [5, 5.41) is 2.66. The first-order valence-electron chi connectivity index (χ1n) is 7.63. The van der Waals surface area contributed by atoms with Crippen LogP contribution in [0.3, 0.4) is 0 Å². The van der Waals surface area contributed by atoms with E-state index in [-0.39, 0.29) is 5.91 Å². The van der Waals surface area contributed by atoms with Crippen LogP contribution in [0.1, 0.15) is 29.2 Å². The lowest BCUT2D eigenvalue weighted by molar-refractivity contribution is -0.119. The summed E-state index contributed by atoms with van der Waals surface area (Å²) in [6.07, 6.45) is 1.40. The molecule has 2 rings (SSSR count). The maximum Gasteiger partial charge on any atom is 0.224 e. The van der Waals surface area contributed by atoms with Crippen LogP contribution in [0, 0.1) is 6.92 Å². The summed E-state index contributed by atoms with van der Waals surface area (Å²) in [5.74, 6) is 0.905. The maximum atomic E-state index is 11.6. The van der Waals surface area contributed by atoms with Gasteiger partial charge in [0.1, 0.15) is 12.4 Å². The average Bonchev–Trinajstić information content (AvgIpc) is 2.54. The van der Waals surface area contributed by atoms with Crippen molar-refractivity contribution in [3.8, 4) is 5.75 Å². The number of likely N-dealkylation sites (N-methyl/N-ethyl adjacent to an activating group) is 1. The van der Waals surface area contributed by atoms with Crippen LogP contribution >= 0.6 is 0 Å². The van der Waals surface area contributed by atoms with E-state index in [1.165, 1.54) is 5.56 Å². The highest BCUT2D eigenvalue weighted by Crippen LogP contribution is 2.21. The van der Waals surface area contributed by atoms with Crippen LogP contribution in [-0.4, -0.2) is 13.0 Å². The lowest BCUT2D eigenvalue weighted by Gasteiger charge is -2.13. The summed E-state index contributed by atoms with van der Waals surface area (Å²) in [5.41, 5.74) is 4.50. The molecule has 0 atom stereocenters. The number of hydrogen-bond acceptors (Lipinski definition) is 2. The smallest absolute Gasteiger partial charge is 0.224 e. The fraction of sp³-hybridized carbons (Fsp3) is 0.316. The summed E-state index contributed by atoms with van der Waals surface area (Å²) < 4.78 is 5.95. The van der Waals surface area contributed by atoms with Gasteiger partial charge >= 0.3 is 0 Å². The van der Waals surface area contributed by atoms with Crippen molar-refractivity contribution in [3.63, 3.8) is 0 Å². The SMILES string of the molecule is CCc1ccc(OCc2ccccc2CC(=O)NC)c(C)c1. The van der Waals surface area contributed by atoms with Gasteiger partial charge in [-0.1, -0.05) is 43.3 Å². The number of rotatable bonds is 6. The van der Waals surface area contributed by atoms with Gasteiger partial charge in [-0.05, 0) is 41.7 Å². The fourth-order valence-electron chi connectivity index (χ4n) is 2.38. The predicted octanol–water partition coefficient (Wildman–Crippen LogP) is 3.42. The highest BCUT2D eigenvalue weighted by Gasteiger charge is 2.08. The van der Waals surface area contributed by atoms with Crippen molar-refractivity contribution in [2.75, 3.05) is 7.05 Å². The highest BCUT2D eigenvalue weighted by atomic mass is 16.5. The van der Waals surface area contributed by atoms with E-state index < -0.39 is 0 Å². The average molecular weight is 297 g/mol. The Morgan fingerprint density at radius 1 is 1.14 bits per heavy atom. The van der Waals surface area contributed by atoms with Gasteiger partial charge in [-0.15, -0.1) is 0 Å². The minimum Gasteiger partial charge on any atom is -0.489 e. The molecule has 0 spiro atoms. The fourth-order valence-corrected chi connectivity index (χ4v) is 2.38. The summed E-state index contributed by atoms with van der Waals surface area (Å²) in [4.78, 5) is 11.6. The number of nitrogens with one attached hydrogen (secondary N) is 1. The molecule has 0 aromatic heterocycles. The standard InChI is InChI=1S/C19H23NO2/c1-4-15-9-10-18(14(2)11-15)22-13-17-8-6-5-7-16(17)12-19(21)20-3/h5-11H,4,12-13H2,1-3H3,(H,20,21). The molecule has 3 nitrogen and oxygen atoms in total. The Labute approximate surface area is 132 Å². The van der Waals surface area contributed by atoms with Crippen molar-refractivity contribution in [3.05, 3.63) is 64.7 Å². The van der Waals surface area contributed by atoms with Crippen molar-refractivity contribution in [1.82, 2.24) is 5.32 Å². The van der Waals surface area contributed by atoms with Crippen LogP contribution < -0.4 is 10.1 Å². The highest BCUT2D eigenvalue weighted by molar-refractivity contribution is 5.78. The molecule has 0 unspecified atom stereocenters. The van der Waals surface area contributed by atoms with Crippen molar-refractivity contribution in [1.29, 1.82) is 0 Å². The maximum absolute atomic E-state index is 11.6. The molecule has 0 radical (unpaired) electrons. The topological polar surface area (TPSA) is 38.3 Å². The molecule has 3 heteroatoms. The monoisotopic (exact) mass is 297 g/mol. The van der Waals surface area contributed by atoms with E-state index in [1.807, 2.05) is 30.3 Å². The van der Waals surface area contributed by atoms with Gasteiger partial charge in [0.05, 0.1) is 6.42 Å². The Hall–Kier alpha value is -2.29. The molecule has 2 aromatic carbocycles. The number of carbonyl (C=O) groups is 1. The summed E-state index contributed by atoms with van der Waals surface area (Å²) in [6, 6.07) is 14.2. The second-order valence-corrected chi connectivity index (χ2v) is 5.36. The van der Waals surface area contributed by atoms with Crippen LogP contribution in [0.5, 0.6) is 5.75 Å². The zero-order valence-corrected chi connectivity index (χ0v) is 13.5. The molecule has 1 amide bonds. The number of hydrogen-bond donors (Lipinski definition) is 1. The van der Waals surface area contributed by atoms with Gasteiger partial charge in [0.2, 0.25) is 5.91 Å². The van der Waals surface area contributed by atoms with Crippen molar-refractivity contribution in [2.24, 2.45) is 0 Å². The Bertz CT molecular complexity index is 650. The lowest BCUT2D eigenvalue weighted by atomic mass is 10.0. The van der Waals surface area contributed by atoms with Crippen molar-refractivity contribution >= 4 is 5.91 Å². The zero-order chi connectivity index (χ0) is 15.9. The lowest BCUT2D eigenvalue weighted by Crippen LogP contribution is -2.20. The van der Waals surface area contributed by atoms with Crippen LogP contribution in [0.2, 0.25) is 0 Å². The van der Waals surface area contributed by atoms with Gasteiger partial charge < -0.3 is 10.1 Å². The number of ether oxygens (including phenoxy) is 1. The molecule has 2 aromatic rings. The van der Waals surface area contributed by atoms with E-state index in [1.54, 1.807) is 7.05 Å². The van der Waals surface area contributed by atoms with E-state index in [0.717, 1.165) is 28.9 Å². The van der Waals surface area contributed by atoms with Crippen LogP contribution in [0.4, 0.5) is 0 Å². The first kappa shape index (κ1) is 16.1. The molecule has 0 heterocycles. The molecule has 0 aliphatic heterocycles. The molecule has 0 saturated heterocycles. The largest absolute Gasteiger partial charge is 0.489 e. The van der Waals surface area contributed by atoms with Crippen LogP contribution in [0.15, 0.2) is 42.5 Å². The predicted molar refractivity (Wildman–Crippen MR) is 89.1 cm³/mol. The third-order valence-electron chi connectivity index (χ3n) is 3.78. The third-order valence-corrected chi connectivity index (χ3v) is 3.78. The normalized spacial score (nSPS) is 10.3. The molecule has 0 fully saturated rings. The summed E-state index contributed by atoms with van der Waals surface area (Å²) in [6.45, 7) is 4.68. The van der Waals surface area contributed by atoms with E-state index in [4.69, 9.17) is 4.74 Å². The molecule has 0 bridgehead atoms. The second-order valence-electron chi connectivity index (χ2n) is 5.36. The van der Waals surface area contributed by atoms with E-state index >= 15 is 0 Å². The van der Waals surface area contributed by atoms with Gasteiger partial charge in [0.25, 0.3) is 0 Å². The van der Waals surface area contributed by atoms with E-state index in [2.05, 4.69) is 31.3 Å². The Balaban J connectivity index is 2.10. The van der Waals surface area contributed by atoms with Gasteiger partial charge in [0, 0.05) is 7.05 Å². The second kappa shape index (κ2) is 7.64. The van der Waals surface area contributed by atoms with Gasteiger partial charge in [-0.3, -0.25) is 4.79 Å². The van der Waals surface area contributed by atoms with Gasteiger partial charge in [-0.25, -0.2) is 0 Å². The Morgan fingerprint density at radius 2 is 1.86 bits per heavy atom. The van der Waals surface area contributed by atoms with Crippen molar-refractivity contribution in [2.45, 2.75) is 33.3 Å². The number of amides is 1. The number of aryl methyl sites for hydroxylation is 2. The molecule has 22 heavy (non-hydrogen) atoms. The van der Waals surface area contributed by atoms with Gasteiger partial charge in [0.15, 0.2) is 0 Å². The van der Waals surface area contributed by atoms with E-state index in [9.17, 15) is 4.79 Å². The zero-order valence-electron chi connectivity index (χ0n) is 13.5. The first-order valence-corrected chi connectivity index (χ1v) is 7.63. The van der Waals surface area contributed by atoms with Crippen molar-refractivity contribution < 1.29 is 9.53 Å². The van der Waals surface area contributed by atoms with Crippen LogP contribution in [0.25, 0.3) is 0 Å².